The molecule has 6 heteroatoms. The molecule has 30 heavy (non-hydrogen) atoms. The van der Waals surface area contributed by atoms with Crippen LogP contribution >= 0.6 is 15.9 Å². The lowest BCUT2D eigenvalue weighted by Gasteiger charge is -2.66. The number of benzene rings is 1. The predicted octanol–water partition coefficient (Wildman–Crippen LogP) is 4.43. The van der Waals surface area contributed by atoms with Crippen molar-refractivity contribution in [1.82, 2.24) is 5.32 Å². The summed E-state index contributed by atoms with van der Waals surface area (Å²) in [5.41, 5.74) is 1.60. The minimum Gasteiger partial charge on any atom is -0.496 e. The van der Waals surface area contributed by atoms with E-state index in [2.05, 4.69) is 48.9 Å². The number of ketones is 1. The van der Waals surface area contributed by atoms with Crippen molar-refractivity contribution in [2.24, 2.45) is 22.7 Å². The molecule has 1 aromatic carbocycles. The maximum Gasteiger partial charge on any atom is 0.255 e. The second kappa shape index (κ2) is 6.24. The number of hydrogen-bond donors (Lipinski definition) is 1. The summed E-state index contributed by atoms with van der Waals surface area (Å²) in [5, 5.41) is 2.94. The Morgan fingerprint density at radius 1 is 1.23 bits per heavy atom. The summed E-state index contributed by atoms with van der Waals surface area (Å²) >= 11 is 3.71. The molecule has 1 N–H and O–H groups in total. The van der Waals surface area contributed by atoms with E-state index in [0.717, 1.165) is 36.1 Å². The summed E-state index contributed by atoms with van der Waals surface area (Å²) in [6.07, 6.45) is 3.61. The highest BCUT2D eigenvalue weighted by molar-refractivity contribution is 9.10. The molecule has 0 aromatic heterocycles. The van der Waals surface area contributed by atoms with Gasteiger partial charge in [-0.2, -0.15) is 0 Å². The van der Waals surface area contributed by atoms with Gasteiger partial charge < -0.3 is 14.8 Å². The Bertz CT molecular complexity index is 972. The van der Waals surface area contributed by atoms with Gasteiger partial charge >= 0.3 is 0 Å². The van der Waals surface area contributed by atoms with Crippen LogP contribution in [0, 0.1) is 22.7 Å². The van der Waals surface area contributed by atoms with E-state index in [1.165, 1.54) is 0 Å². The fourth-order valence-electron chi connectivity index (χ4n) is 7.01. The number of halogens is 1. The third kappa shape index (κ3) is 2.29. The Morgan fingerprint density at radius 3 is 2.67 bits per heavy atom. The molecule has 0 saturated heterocycles. The smallest absolute Gasteiger partial charge is 0.255 e. The first-order valence-corrected chi connectivity index (χ1v) is 11.9. The van der Waals surface area contributed by atoms with Crippen molar-refractivity contribution in [2.75, 3.05) is 7.11 Å². The molecular formula is C24H30BrNO4. The largest absolute Gasteiger partial charge is 0.496 e. The molecule has 162 valence electrons. The predicted molar refractivity (Wildman–Crippen MR) is 117 cm³/mol. The number of carbonyl (C=O) groups is 2. The topological polar surface area (TPSA) is 64.6 Å². The van der Waals surface area contributed by atoms with Gasteiger partial charge in [0.15, 0.2) is 5.78 Å². The molecule has 0 bridgehead atoms. The number of Topliss-reactive ketones (excluding diaryl/α,β-unsaturated/α-hetero) is 1. The zero-order valence-corrected chi connectivity index (χ0v) is 19.9. The van der Waals surface area contributed by atoms with Gasteiger partial charge in [-0.3, -0.25) is 9.59 Å². The Balaban J connectivity index is 1.75. The van der Waals surface area contributed by atoms with Crippen LogP contribution in [-0.2, 0) is 17.8 Å². The molecule has 2 saturated carbocycles. The molecule has 5 nitrogen and oxygen atoms in total. The van der Waals surface area contributed by atoms with Gasteiger partial charge in [0, 0.05) is 35.3 Å². The fraction of sp³-hybridized carbons (Fsp3) is 0.667. The average Bonchev–Trinajstić information content (AvgIpc) is 3.08. The number of alkyl halides is 1. The van der Waals surface area contributed by atoms with E-state index in [0.29, 0.717) is 30.2 Å². The first kappa shape index (κ1) is 20.3. The Hall–Kier alpha value is -1.56. The van der Waals surface area contributed by atoms with Crippen LogP contribution in [0.3, 0.4) is 0 Å². The van der Waals surface area contributed by atoms with Gasteiger partial charge in [-0.25, -0.2) is 0 Å². The number of amides is 1. The number of methoxy groups -OCH3 is 1. The third-order valence-corrected chi connectivity index (χ3v) is 9.65. The third-order valence-electron chi connectivity index (χ3n) is 8.91. The lowest BCUT2D eigenvalue weighted by atomic mass is 9.44. The Kier molecular flexibility index (Phi) is 4.23. The van der Waals surface area contributed by atoms with Gasteiger partial charge in [0.2, 0.25) is 0 Å². The van der Waals surface area contributed by atoms with Crippen molar-refractivity contribution in [2.45, 2.75) is 70.4 Å². The minimum absolute atomic E-state index is 0.106. The summed E-state index contributed by atoms with van der Waals surface area (Å²) in [6, 6.07) is 2.00. The molecule has 1 aromatic rings. The van der Waals surface area contributed by atoms with Crippen LogP contribution in [0.1, 0.15) is 68.4 Å². The Labute approximate surface area is 186 Å². The van der Waals surface area contributed by atoms with Crippen LogP contribution in [0.2, 0.25) is 0 Å². The molecule has 0 unspecified atom stereocenters. The maximum absolute atomic E-state index is 13.1. The molecule has 5 atom stereocenters. The molecule has 0 radical (unpaired) electrons. The average molecular weight is 476 g/mol. The number of carbonyl (C=O) groups excluding carboxylic acids is 2. The summed E-state index contributed by atoms with van der Waals surface area (Å²) in [4.78, 5) is 25.4. The van der Waals surface area contributed by atoms with Gasteiger partial charge in [-0.1, -0.05) is 43.6 Å². The first-order valence-electron chi connectivity index (χ1n) is 10.9. The van der Waals surface area contributed by atoms with Crippen LogP contribution in [0.25, 0.3) is 0 Å². The van der Waals surface area contributed by atoms with Crippen LogP contribution < -0.4 is 14.8 Å². The number of fused-ring (bicyclic) bond motifs is 3. The van der Waals surface area contributed by atoms with Crippen LogP contribution in [0.4, 0.5) is 0 Å². The molecule has 1 spiro atoms. The van der Waals surface area contributed by atoms with E-state index in [1.54, 1.807) is 7.11 Å². The van der Waals surface area contributed by atoms with Crippen molar-refractivity contribution < 1.29 is 19.1 Å². The van der Waals surface area contributed by atoms with Gasteiger partial charge in [0.25, 0.3) is 5.91 Å². The summed E-state index contributed by atoms with van der Waals surface area (Å²) in [6.45, 7) is 9.32. The lowest BCUT2D eigenvalue weighted by molar-refractivity contribution is -0.207. The van der Waals surface area contributed by atoms with E-state index in [1.807, 2.05) is 6.07 Å². The lowest BCUT2D eigenvalue weighted by Crippen LogP contribution is -2.71. The molecule has 1 amide bonds. The van der Waals surface area contributed by atoms with E-state index < -0.39 is 11.0 Å². The molecule has 2 aliphatic carbocycles. The van der Waals surface area contributed by atoms with E-state index in [9.17, 15) is 9.59 Å². The van der Waals surface area contributed by atoms with Crippen LogP contribution in [0.5, 0.6) is 11.5 Å². The fourth-order valence-corrected chi connectivity index (χ4v) is 8.09. The first-order chi connectivity index (χ1) is 14.1. The van der Waals surface area contributed by atoms with Gasteiger partial charge in [0.1, 0.15) is 17.1 Å². The minimum atomic E-state index is -0.463. The number of rotatable bonds is 1. The number of ether oxygens (including phenoxy) is 2. The molecule has 2 heterocycles. The van der Waals surface area contributed by atoms with Gasteiger partial charge in [-0.15, -0.1) is 0 Å². The van der Waals surface area contributed by atoms with Crippen molar-refractivity contribution in [3.63, 3.8) is 0 Å². The van der Waals surface area contributed by atoms with Crippen LogP contribution in [-0.4, -0.2) is 29.2 Å². The summed E-state index contributed by atoms with van der Waals surface area (Å²) < 4.78 is 12.7. The number of hydrogen-bond acceptors (Lipinski definition) is 4. The Morgan fingerprint density at radius 2 is 1.97 bits per heavy atom. The zero-order valence-electron chi connectivity index (χ0n) is 18.4. The molecule has 2 aliphatic heterocycles. The molecule has 2 fully saturated rings. The van der Waals surface area contributed by atoms with Gasteiger partial charge in [0.05, 0.1) is 17.5 Å². The standard InChI is InChI=1S/C24H30BrNO4/c1-12-6-7-17-22(2,3)20(27)15(25)10-24(17)23(12,4)9-13-8-16(29-5)18-14(19(13)30-24)11-26-21(18)28/h8,12,15,17H,6-7,9-11H2,1-5H3,(H,26,28)/t12-,15+,17-,23+,24-/m0/s1. The normalized spacial score (nSPS) is 38.5. The zero-order chi connectivity index (χ0) is 21.6. The van der Waals surface area contributed by atoms with Crippen molar-refractivity contribution in [3.8, 4) is 11.5 Å². The molecule has 5 rings (SSSR count). The highest BCUT2D eigenvalue weighted by Crippen LogP contribution is 2.66. The van der Waals surface area contributed by atoms with Crippen molar-refractivity contribution >= 4 is 27.6 Å². The van der Waals surface area contributed by atoms with E-state index in [-0.39, 0.29) is 27.9 Å². The highest BCUT2D eigenvalue weighted by atomic mass is 79.9. The van der Waals surface area contributed by atoms with E-state index >= 15 is 0 Å². The van der Waals surface area contributed by atoms with E-state index in [4.69, 9.17) is 9.47 Å². The van der Waals surface area contributed by atoms with Crippen molar-refractivity contribution in [3.05, 3.63) is 22.8 Å². The number of nitrogens with one attached hydrogen (secondary N) is 1. The molecule has 4 aliphatic rings. The quantitative estimate of drug-likeness (QED) is 0.610. The summed E-state index contributed by atoms with van der Waals surface area (Å²) in [5.74, 6) is 2.24. The second-order valence-corrected chi connectivity index (χ2v) is 11.6. The van der Waals surface area contributed by atoms with Gasteiger partial charge in [-0.05, 0) is 36.8 Å². The highest BCUT2D eigenvalue weighted by Gasteiger charge is 2.69. The van der Waals surface area contributed by atoms with Crippen LogP contribution in [0.15, 0.2) is 6.07 Å². The second-order valence-electron chi connectivity index (χ2n) is 10.5. The monoisotopic (exact) mass is 475 g/mol. The SMILES string of the molecule is COc1cc2c(c3c1C(=O)NC3)O[C@@]13C[C@@H](Br)C(=O)C(C)(C)[C@@H]1CC[C@H](C)[C@@]3(C)C2. The maximum atomic E-state index is 13.1. The molecular weight excluding hydrogens is 446 g/mol. The van der Waals surface area contributed by atoms with Crippen molar-refractivity contribution in [1.29, 1.82) is 0 Å². The summed E-state index contributed by atoms with van der Waals surface area (Å²) in [7, 11) is 1.62.